The second-order valence-electron chi connectivity index (χ2n) is 6.32. The molecule has 0 amide bonds. The van der Waals surface area contributed by atoms with Crippen LogP contribution in [0.25, 0.3) is 5.69 Å². The van der Waals surface area contributed by atoms with E-state index >= 15 is 0 Å². The molecule has 0 spiro atoms. The van der Waals surface area contributed by atoms with Crippen LogP contribution in [0.3, 0.4) is 0 Å². The van der Waals surface area contributed by atoms with E-state index in [0.717, 1.165) is 43.3 Å². The van der Waals surface area contributed by atoms with Crippen molar-refractivity contribution < 1.29 is 4.74 Å². The van der Waals surface area contributed by atoms with Crippen LogP contribution in [0.5, 0.6) is 5.75 Å². The topological polar surface area (TPSA) is 63.5 Å². The zero-order valence-corrected chi connectivity index (χ0v) is 19.0. The molecule has 0 aliphatic heterocycles. The molecule has 2 N–H and O–H groups in total. The van der Waals surface area contributed by atoms with Crippen molar-refractivity contribution in [1.29, 1.82) is 0 Å². The molecule has 154 valence electrons. The standard InChI is InChI=1S/C22H27N5O.HI/c1-23-22(24-14-8-16-28-21-11-6-3-7-12-21)25-15-13-19-17-26-27(18-19)20-9-4-2-5-10-20;/h2-7,9-12,17-18H,8,13-16H2,1H3,(H2,23,24,25);1H. The van der Waals surface area contributed by atoms with Gasteiger partial charge < -0.3 is 15.4 Å². The van der Waals surface area contributed by atoms with Gasteiger partial charge in [0.15, 0.2) is 5.96 Å². The van der Waals surface area contributed by atoms with Gasteiger partial charge in [-0.3, -0.25) is 4.99 Å². The molecule has 0 aliphatic carbocycles. The first-order chi connectivity index (χ1) is 13.8. The highest BCUT2D eigenvalue weighted by atomic mass is 127. The number of para-hydroxylation sites is 2. The summed E-state index contributed by atoms with van der Waals surface area (Å²) in [5.41, 5.74) is 2.25. The molecular weight excluding hydrogens is 477 g/mol. The number of nitrogens with one attached hydrogen (secondary N) is 2. The quantitative estimate of drug-likeness (QED) is 0.202. The first-order valence-corrected chi connectivity index (χ1v) is 9.56. The SMILES string of the molecule is CN=C(NCCCOc1ccccc1)NCCc1cnn(-c2ccccc2)c1.I. The summed E-state index contributed by atoms with van der Waals surface area (Å²) in [5, 5.41) is 11.1. The maximum absolute atomic E-state index is 5.69. The van der Waals surface area contributed by atoms with Crippen molar-refractivity contribution in [2.24, 2.45) is 4.99 Å². The van der Waals surface area contributed by atoms with Gasteiger partial charge in [0.05, 0.1) is 18.5 Å². The van der Waals surface area contributed by atoms with Crippen LogP contribution in [0, 0.1) is 0 Å². The fraction of sp³-hybridized carbons (Fsp3) is 0.273. The summed E-state index contributed by atoms with van der Waals surface area (Å²) in [6.07, 6.45) is 5.75. The molecule has 1 heterocycles. The predicted molar refractivity (Wildman–Crippen MR) is 129 cm³/mol. The second-order valence-corrected chi connectivity index (χ2v) is 6.32. The van der Waals surface area contributed by atoms with Crippen molar-refractivity contribution in [1.82, 2.24) is 20.4 Å². The van der Waals surface area contributed by atoms with E-state index in [1.165, 1.54) is 5.56 Å². The zero-order chi connectivity index (χ0) is 19.4. The first kappa shape index (κ1) is 22.7. The minimum absolute atomic E-state index is 0. The van der Waals surface area contributed by atoms with Crippen molar-refractivity contribution in [2.45, 2.75) is 12.8 Å². The Kier molecular flexibility index (Phi) is 10.1. The number of benzene rings is 2. The van der Waals surface area contributed by atoms with Gasteiger partial charge in [0, 0.05) is 26.3 Å². The molecule has 3 rings (SSSR count). The number of halogens is 1. The normalized spacial score (nSPS) is 10.9. The van der Waals surface area contributed by atoms with Crippen molar-refractivity contribution in [3.05, 3.63) is 78.6 Å². The molecular formula is C22H28IN5O. The molecule has 0 fully saturated rings. The number of guanidine groups is 1. The van der Waals surface area contributed by atoms with Crippen LogP contribution >= 0.6 is 24.0 Å². The molecule has 0 saturated carbocycles. The van der Waals surface area contributed by atoms with E-state index in [-0.39, 0.29) is 24.0 Å². The minimum atomic E-state index is 0. The predicted octanol–water partition coefficient (Wildman–Crippen LogP) is 3.67. The average Bonchev–Trinajstić information content (AvgIpc) is 3.22. The number of hydrogen-bond donors (Lipinski definition) is 2. The zero-order valence-electron chi connectivity index (χ0n) is 16.6. The third-order valence-electron chi connectivity index (χ3n) is 4.21. The van der Waals surface area contributed by atoms with E-state index in [0.29, 0.717) is 6.61 Å². The lowest BCUT2D eigenvalue weighted by molar-refractivity contribution is 0.311. The van der Waals surface area contributed by atoms with Gasteiger partial charge in [0.2, 0.25) is 0 Å². The van der Waals surface area contributed by atoms with Crippen molar-refractivity contribution in [2.75, 3.05) is 26.7 Å². The van der Waals surface area contributed by atoms with Gasteiger partial charge in [-0.2, -0.15) is 5.10 Å². The summed E-state index contributed by atoms with van der Waals surface area (Å²) < 4.78 is 7.59. The summed E-state index contributed by atoms with van der Waals surface area (Å²) in [6.45, 7) is 2.27. The molecule has 0 aliphatic rings. The molecule has 2 aromatic carbocycles. The summed E-state index contributed by atoms with van der Waals surface area (Å²) in [4.78, 5) is 4.26. The average molecular weight is 505 g/mol. The molecule has 7 heteroatoms. The Balaban J connectivity index is 0.00000300. The lowest BCUT2D eigenvalue weighted by Crippen LogP contribution is -2.39. The molecule has 0 unspecified atom stereocenters. The summed E-state index contributed by atoms with van der Waals surface area (Å²) in [6, 6.07) is 20.0. The van der Waals surface area contributed by atoms with E-state index in [4.69, 9.17) is 4.74 Å². The monoisotopic (exact) mass is 505 g/mol. The Morgan fingerprint density at radius 1 is 1.00 bits per heavy atom. The fourth-order valence-corrected chi connectivity index (χ4v) is 2.74. The van der Waals surface area contributed by atoms with Gasteiger partial charge in [-0.15, -0.1) is 24.0 Å². The van der Waals surface area contributed by atoms with Crippen LogP contribution in [-0.2, 0) is 6.42 Å². The number of aliphatic imine (C=N–C) groups is 1. The van der Waals surface area contributed by atoms with Gasteiger partial charge in [0.1, 0.15) is 5.75 Å². The third-order valence-corrected chi connectivity index (χ3v) is 4.21. The highest BCUT2D eigenvalue weighted by Crippen LogP contribution is 2.08. The number of rotatable bonds is 9. The Hall–Kier alpha value is -2.55. The number of nitrogens with zero attached hydrogens (tertiary/aromatic N) is 3. The molecule has 0 saturated heterocycles. The molecule has 0 radical (unpaired) electrons. The third kappa shape index (κ3) is 7.77. The summed E-state index contributed by atoms with van der Waals surface area (Å²) in [7, 11) is 1.78. The van der Waals surface area contributed by atoms with Gasteiger partial charge in [-0.05, 0) is 42.7 Å². The summed E-state index contributed by atoms with van der Waals surface area (Å²) in [5.74, 6) is 1.70. The Bertz CT molecular complexity index is 852. The Labute approximate surface area is 189 Å². The highest BCUT2D eigenvalue weighted by Gasteiger charge is 2.02. The molecule has 6 nitrogen and oxygen atoms in total. The summed E-state index contributed by atoms with van der Waals surface area (Å²) >= 11 is 0. The van der Waals surface area contributed by atoms with Gasteiger partial charge in [-0.25, -0.2) is 4.68 Å². The van der Waals surface area contributed by atoms with Crippen LogP contribution in [-0.4, -0.2) is 42.5 Å². The lowest BCUT2D eigenvalue weighted by atomic mass is 10.2. The van der Waals surface area contributed by atoms with Gasteiger partial charge in [-0.1, -0.05) is 36.4 Å². The Morgan fingerprint density at radius 3 is 2.41 bits per heavy atom. The van der Waals surface area contributed by atoms with Crippen LogP contribution < -0.4 is 15.4 Å². The van der Waals surface area contributed by atoms with E-state index < -0.39 is 0 Å². The smallest absolute Gasteiger partial charge is 0.190 e. The van der Waals surface area contributed by atoms with Crippen molar-refractivity contribution >= 4 is 29.9 Å². The second kappa shape index (κ2) is 12.8. The van der Waals surface area contributed by atoms with Crippen molar-refractivity contribution in [3.8, 4) is 11.4 Å². The molecule has 3 aromatic rings. The number of hydrogen-bond acceptors (Lipinski definition) is 3. The largest absolute Gasteiger partial charge is 0.494 e. The van der Waals surface area contributed by atoms with E-state index in [1.807, 2.05) is 71.5 Å². The highest BCUT2D eigenvalue weighted by molar-refractivity contribution is 14.0. The minimum Gasteiger partial charge on any atom is -0.494 e. The maximum Gasteiger partial charge on any atom is 0.190 e. The van der Waals surface area contributed by atoms with Crippen LogP contribution in [0.4, 0.5) is 0 Å². The number of aromatic nitrogens is 2. The Morgan fingerprint density at radius 2 is 1.69 bits per heavy atom. The van der Waals surface area contributed by atoms with Crippen LogP contribution in [0.15, 0.2) is 78.0 Å². The van der Waals surface area contributed by atoms with Crippen LogP contribution in [0.1, 0.15) is 12.0 Å². The van der Waals surface area contributed by atoms with Crippen LogP contribution in [0.2, 0.25) is 0 Å². The first-order valence-electron chi connectivity index (χ1n) is 9.56. The molecule has 0 bridgehead atoms. The maximum atomic E-state index is 5.69. The van der Waals surface area contributed by atoms with E-state index in [2.05, 4.69) is 26.9 Å². The lowest BCUT2D eigenvalue weighted by Gasteiger charge is -2.12. The van der Waals surface area contributed by atoms with E-state index in [1.54, 1.807) is 7.05 Å². The van der Waals surface area contributed by atoms with Gasteiger partial charge >= 0.3 is 0 Å². The molecule has 29 heavy (non-hydrogen) atoms. The molecule has 0 atom stereocenters. The fourth-order valence-electron chi connectivity index (χ4n) is 2.74. The van der Waals surface area contributed by atoms with E-state index in [9.17, 15) is 0 Å². The van der Waals surface area contributed by atoms with Crippen molar-refractivity contribution in [3.63, 3.8) is 0 Å². The van der Waals surface area contributed by atoms with Gasteiger partial charge in [0.25, 0.3) is 0 Å². The number of ether oxygens (including phenoxy) is 1. The molecule has 1 aromatic heterocycles.